The smallest absolute Gasteiger partial charge is 0.148 e. The molecule has 0 saturated carbocycles. The van der Waals surface area contributed by atoms with E-state index in [1.165, 1.54) is 17.5 Å². The second kappa shape index (κ2) is 3.46. The first-order chi connectivity index (χ1) is 7.33. The van der Waals surface area contributed by atoms with Gasteiger partial charge in [-0.3, -0.25) is 9.69 Å². The van der Waals surface area contributed by atoms with Crippen LogP contribution in [0.2, 0.25) is 0 Å². The zero-order valence-electron chi connectivity index (χ0n) is 8.78. The van der Waals surface area contributed by atoms with Gasteiger partial charge in [-0.05, 0) is 17.5 Å². The predicted molar refractivity (Wildman–Crippen MR) is 59.0 cm³/mol. The van der Waals surface area contributed by atoms with Crippen molar-refractivity contribution in [2.24, 2.45) is 0 Å². The minimum Gasteiger partial charge on any atom is -0.298 e. The Morgan fingerprint density at radius 3 is 2.93 bits per heavy atom. The van der Waals surface area contributed by atoms with Gasteiger partial charge in [0.2, 0.25) is 0 Å². The van der Waals surface area contributed by atoms with Gasteiger partial charge in [-0.15, -0.1) is 0 Å². The van der Waals surface area contributed by atoms with Crippen molar-refractivity contribution < 1.29 is 4.79 Å². The van der Waals surface area contributed by atoms with E-state index in [2.05, 4.69) is 29.2 Å². The summed E-state index contributed by atoms with van der Waals surface area (Å²) in [6.45, 7) is 2.72. The van der Waals surface area contributed by atoms with Gasteiger partial charge in [-0.1, -0.05) is 24.3 Å². The number of carbonyl (C=O) groups excluding carboxylic acids is 1. The second-order valence-electron chi connectivity index (χ2n) is 4.62. The summed E-state index contributed by atoms with van der Waals surface area (Å²) in [5.74, 6) is 1.08. The molecule has 2 nitrogen and oxygen atoms in total. The van der Waals surface area contributed by atoms with Crippen LogP contribution in [0.3, 0.4) is 0 Å². The van der Waals surface area contributed by atoms with Crippen LogP contribution in [0.25, 0.3) is 0 Å². The number of nitrogens with zero attached hydrogens (tertiary/aromatic N) is 1. The molecular formula is C13H15NO. The Morgan fingerprint density at radius 2 is 2.20 bits per heavy atom. The van der Waals surface area contributed by atoms with Crippen LogP contribution in [0.5, 0.6) is 0 Å². The third kappa shape index (κ3) is 1.59. The highest BCUT2D eigenvalue weighted by atomic mass is 16.1. The molecule has 0 amide bonds. The van der Waals surface area contributed by atoms with Gasteiger partial charge >= 0.3 is 0 Å². The van der Waals surface area contributed by atoms with Gasteiger partial charge < -0.3 is 0 Å². The molecule has 1 unspecified atom stereocenters. The molecule has 0 N–H and O–H groups in total. The van der Waals surface area contributed by atoms with Crippen molar-refractivity contribution >= 4 is 5.78 Å². The highest BCUT2D eigenvalue weighted by Crippen LogP contribution is 2.35. The molecule has 1 aromatic carbocycles. The molecule has 1 aliphatic heterocycles. The van der Waals surface area contributed by atoms with Crippen LogP contribution in [0, 0.1) is 0 Å². The molecule has 2 heteroatoms. The Morgan fingerprint density at radius 1 is 1.33 bits per heavy atom. The van der Waals surface area contributed by atoms with Gasteiger partial charge in [0.05, 0.1) is 6.54 Å². The summed E-state index contributed by atoms with van der Waals surface area (Å²) in [5.41, 5.74) is 2.99. The number of ketones is 1. The molecule has 1 heterocycles. The lowest BCUT2D eigenvalue weighted by Crippen LogP contribution is -2.32. The number of carbonyl (C=O) groups is 1. The zero-order valence-corrected chi connectivity index (χ0v) is 8.78. The third-order valence-corrected chi connectivity index (χ3v) is 3.55. The van der Waals surface area contributed by atoms with Crippen molar-refractivity contribution in [2.75, 3.05) is 19.6 Å². The topological polar surface area (TPSA) is 20.3 Å². The van der Waals surface area contributed by atoms with Gasteiger partial charge in [0.25, 0.3) is 0 Å². The van der Waals surface area contributed by atoms with E-state index in [1.54, 1.807) is 0 Å². The number of benzene rings is 1. The average Bonchev–Trinajstić information content (AvgIpc) is 2.61. The standard InChI is InChI=1S/C13H15NO/c15-12-5-6-14(9-12)8-11-7-10-3-1-2-4-13(10)11/h1-4,11H,5-9H2. The molecule has 15 heavy (non-hydrogen) atoms. The number of hydrogen-bond donors (Lipinski definition) is 0. The monoisotopic (exact) mass is 201 g/mol. The summed E-state index contributed by atoms with van der Waals surface area (Å²) in [7, 11) is 0. The predicted octanol–water partition coefficient (Wildman–Crippen LogP) is 1.60. The van der Waals surface area contributed by atoms with Crippen molar-refractivity contribution in [1.82, 2.24) is 4.90 Å². The Bertz CT molecular complexity index is 399. The maximum absolute atomic E-state index is 11.1. The van der Waals surface area contributed by atoms with Crippen LogP contribution in [-0.2, 0) is 11.2 Å². The lowest BCUT2D eigenvalue weighted by molar-refractivity contribution is -0.116. The van der Waals surface area contributed by atoms with Crippen molar-refractivity contribution in [3.8, 4) is 0 Å². The second-order valence-corrected chi connectivity index (χ2v) is 4.62. The van der Waals surface area contributed by atoms with Crippen molar-refractivity contribution in [3.05, 3.63) is 35.4 Å². The number of fused-ring (bicyclic) bond motifs is 1. The summed E-state index contributed by atoms with van der Waals surface area (Å²) >= 11 is 0. The van der Waals surface area contributed by atoms with Crippen molar-refractivity contribution in [3.63, 3.8) is 0 Å². The fourth-order valence-electron chi connectivity index (χ4n) is 2.68. The first kappa shape index (κ1) is 9.10. The molecule has 1 aliphatic carbocycles. The van der Waals surface area contributed by atoms with Gasteiger partial charge in [0.15, 0.2) is 0 Å². The molecule has 0 radical (unpaired) electrons. The minimum atomic E-state index is 0.405. The lowest BCUT2D eigenvalue weighted by Gasteiger charge is -2.33. The van der Waals surface area contributed by atoms with Gasteiger partial charge in [-0.25, -0.2) is 0 Å². The maximum atomic E-state index is 11.1. The van der Waals surface area contributed by atoms with Crippen LogP contribution in [0.1, 0.15) is 23.5 Å². The Balaban J connectivity index is 1.65. The molecule has 3 rings (SSSR count). The third-order valence-electron chi connectivity index (χ3n) is 3.55. The summed E-state index contributed by atoms with van der Waals surface area (Å²) in [6, 6.07) is 8.65. The molecule has 78 valence electrons. The number of hydrogen-bond acceptors (Lipinski definition) is 2. The van der Waals surface area contributed by atoms with Crippen LogP contribution >= 0.6 is 0 Å². The lowest BCUT2D eigenvalue weighted by atomic mass is 9.77. The van der Waals surface area contributed by atoms with E-state index >= 15 is 0 Å². The fraction of sp³-hybridized carbons (Fsp3) is 0.462. The highest BCUT2D eigenvalue weighted by Gasteiger charge is 2.29. The van der Waals surface area contributed by atoms with Crippen LogP contribution in [0.4, 0.5) is 0 Å². The molecule has 0 bridgehead atoms. The van der Waals surface area contributed by atoms with E-state index in [0.717, 1.165) is 19.5 Å². The molecule has 0 aromatic heterocycles. The molecule has 0 spiro atoms. The molecule has 1 fully saturated rings. The summed E-state index contributed by atoms with van der Waals surface area (Å²) < 4.78 is 0. The van der Waals surface area contributed by atoms with E-state index in [1.807, 2.05) is 0 Å². The number of likely N-dealkylation sites (tertiary alicyclic amines) is 1. The Kier molecular flexibility index (Phi) is 2.10. The quantitative estimate of drug-likeness (QED) is 0.724. The number of Topliss-reactive ketones (excluding diaryl/α,β-unsaturated/α-hetero) is 1. The van der Waals surface area contributed by atoms with E-state index in [-0.39, 0.29) is 0 Å². The first-order valence-electron chi connectivity index (χ1n) is 5.65. The average molecular weight is 201 g/mol. The van der Waals surface area contributed by atoms with E-state index < -0.39 is 0 Å². The Labute approximate surface area is 89.9 Å². The molecule has 2 aliphatic rings. The van der Waals surface area contributed by atoms with Crippen molar-refractivity contribution in [1.29, 1.82) is 0 Å². The van der Waals surface area contributed by atoms with Gasteiger partial charge in [0, 0.05) is 25.4 Å². The highest BCUT2D eigenvalue weighted by molar-refractivity contribution is 5.82. The molecule has 1 atom stereocenters. The van der Waals surface area contributed by atoms with Gasteiger partial charge in [-0.2, -0.15) is 0 Å². The summed E-state index contributed by atoms with van der Waals surface area (Å²) in [4.78, 5) is 13.4. The summed E-state index contributed by atoms with van der Waals surface area (Å²) in [6.07, 6.45) is 1.95. The number of rotatable bonds is 2. The van der Waals surface area contributed by atoms with Crippen molar-refractivity contribution in [2.45, 2.75) is 18.8 Å². The Hall–Kier alpha value is -1.15. The van der Waals surface area contributed by atoms with Crippen LogP contribution in [0.15, 0.2) is 24.3 Å². The first-order valence-corrected chi connectivity index (χ1v) is 5.65. The largest absolute Gasteiger partial charge is 0.298 e. The van der Waals surface area contributed by atoms with Crippen LogP contribution < -0.4 is 0 Å². The normalized spacial score (nSPS) is 25.1. The maximum Gasteiger partial charge on any atom is 0.148 e. The SMILES string of the molecule is O=C1CCN(CC2Cc3ccccc32)C1. The van der Waals surface area contributed by atoms with E-state index in [0.29, 0.717) is 18.2 Å². The van der Waals surface area contributed by atoms with Crippen LogP contribution in [-0.4, -0.2) is 30.3 Å². The summed E-state index contributed by atoms with van der Waals surface area (Å²) in [5, 5.41) is 0. The van der Waals surface area contributed by atoms with Gasteiger partial charge in [0.1, 0.15) is 5.78 Å². The zero-order chi connectivity index (χ0) is 10.3. The van der Waals surface area contributed by atoms with E-state index in [9.17, 15) is 4.79 Å². The molecular weight excluding hydrogens is 186 g/mol. The van der Waals surface area contributed by atoms with E-state index in [4.69, 9.17) is 0 Å². The molecule has 1 saturated heterocycles. The minimum absolute atomic E-state index is 0.405. The molecule has 1 aromatic rings. The fourth-order valence-corrected chi connectivity index (χ4v) is 2.68.